The van der Waals surface area contributed by atoms with Crippen LogP contribution in [0.1, 0.15) is 11.4 Å². The molecule has 0 aliphatic rings. The molecule has 3 N–H and O–H groups in total. The molecule has 4 aromatic rings. The van der Waals surface area contributed by atoms with Crippen molar-refractivity contribution in [3.63, 3.8) is 0 Å². The second-order valence-corrected chi connectivity index (χ2v) is 8.29. The van der Waals surface area contributed by atoms with Crippen molar-refractivity contribution in [3.05, 3.63) is 62.8 Å². The van der Waals surface area contributed by atoms with Gasteiger partial charge in [-0.1, -0.05) is 11.6 Å². The molecule has 0 bridgehead atoms. The van der Waals surface area contributed by atoms with Crippen molar-refractivity contribution < 1.29 is 37.3 Å². The van der Waals surface area contributed by atoms with E-state index in [4.69, 9.17) is 41.0 Å². The molecule has 2 aromatic heterocycles. The summed E-state index contributed by atoms with van der Waals surface area (Å²) in [5.41, 5.74) is 4.68. The minimum Gasteiger partial charge on any atom is -0.496 e. The predicted octanol–water partition coefficient (Wildman–Crippen LogP) is 2.65. The monoisotopic (exact) mass is 565 g/mol. The zero-order chi connectivity index (χ0) is 28.3. The number of nitrogens with one attached hydrogen (secondary N) is 1. The Hall–Kier alpha value is -4.43. The van der Waals surface area contributed by atoms with Crippen LogP contribution in [0, 0.1) is 11.6 Å². The first-order valence-corrected chi connectivity index (χ1v) is 11.5. The fourth-order valence-corrected chi connectivity index (χ4v) is 3.93. The standard InChI is InChI=1S/C24H22ClF2N5O7/c1-35-10-19-29-22-21(23(30-19)37-3)31-24(34)32(22)14-7-17(16(6-12(14)25)39-9-18(28)33)38-8-11-15(36-2)5-4-13(26)20(11)27/h4-7H,8-10H2,1-3H3,(H2,28,33)(H,31,34). The van der Waals surface area contributed by atoms with E-state index in [1.165, 1.54) is 39.5 Å². The van der Waals surface area contributed by atoms with E-state index >= 15 is 0 Å². The summed E-state index contributed by atoms with van der Waals surface area (Å²) in [6.45, 7) is -1.03. The number of nitrogens with zero attached hydrogens (tertiary/aromatic N) is 3. The zero-order valence-corrected chi connectivity index (χ0v) is 21.6. The van der Waals surface area contributed by atoms with Gasteiger partial charge in [0, 0.05) is 19.2 Å². The van der Waals surface area contributed by atoms with E-state index in [1.807, 2.05) is 0 Å². The van der Waals surface area contributed by atoms with Crippen LogP contribution in [0.2, 0.25) is 5.02 Å². The third-order valence-corrected chi connectivity index (χ3v) is 5.69. The van der Waals surface area contributed by atoms with Gasteiger partial charge in [0.25, 0.3) is 5.91 Å². The van der Waals surface area contributed by atoms with Gasteiger partial charge in [0.2, 0.25) is 5.88 Å². The highest BCUT2D eigenvalue weighted by Gasteiger charge is 2.22. The predicted molar refractivity (Wildman–Crippen MR) is 134 cm³/mol. The Labute approximate surface area is 224 Å². The molecule has 0 aliphatic carbocycles. The lowest BCUT2D eigenvalue weighted by Crippen LogP contribution is -2.20. The molecule has 206 valence electrons. The molecule has 0 aliphatic heterocycles. The van der Waals surface area contributed by atoms with E-state index in [9.17, 15) is 18.4 Å². The lowest BCUT2D eigenvalue weighted by atomic mass is 10.2. The number of benzene rings is 2. The molecule has 0 saturated carbocycles. The number of aromatic nitrogens is 4. The Kier molecular flexibility index (Phi) is 8.16. The van der Waals surface area contributed by atoms with Crippen molar-refractivity contribution >= 4 is 28.7 Å². The smallest absolute Gasteiger partial charge is 0.332 e. The highest BCUT2D eigenvalue weighted by atomic mass is 35.5. The van der Waals surface area contributed by atoms with Crippen molar-refractivity contribution in [2.45, 2.75) is 13.2 Å². The summed E-state index contributed by atoms with van der Waals surface area (Å²) < 4.78 is 56.2. The molecule has 0 radical (unpaired) electrons. The number of hydrogen-bond donors (Lipinski definition) is 2. The molecule has 2 heterocycles. The third kappa shape index (κ3) is 5.56. The van der Waals surface area contributed by atoms with Crippen LogP contribution in [-0.2, 0) is 22.7 Å². The molecule has 0 spiro atoms. The molecule has 12 nitrogen and oxygen atoms in total. The Morgan fingerprint density at radius 3 is 2.46 bits per heavy atom. The maximum Gasteiger partial charge on any atom is 0.332 e. The Balaban J connectivity index is 1.86. The molecule has 15 heteroatoms. The van der Waals surface area contributed by atoms with Crippen molar-refractivity contribution in [2.75, 3.05) is 27.9 Å². The van der Waals surface area contributed by atoms with Gasteiger partial charge in [-0.05, 0) is 12.1 Å². The number of methoxy groups -OCH3 is 3. The summed E-state index contributed by atoms with van der Waals surface area (Å²) in [6.07, 6.45) is 0. The maximum absolute atomic E-state index is 14.5. The van der Waals surface area contributed by atoms with Gasteiger partial charge in [0.1, 0.15) is 24.5 Å². The van der Waals surface area contributed by atoms with Crippen molar-refractivity contribution in [3.8, 4) is 28.8 Å². The van der Waals surface area contributed by atoms with Crippen LogP contribution >= 0.6 is 11.6 Å². The average molecular weight is 566 g/mol. The van der Waals surface area contributed by atoms with Crippen LogP contribution in [0.15, 0.2) is 29.1 Å². The van der Waals surface area contributed by atoms with Crippen molar-refractivity contribution in [1.29, 1.82) is 0 Å². The summed E-state index contributed by atoms with van der Waals surface area (Å²) in [5, 5.41) is -0.00907. The number of rotatable bonds is 11. The largest absolute Gasteiger partial charge is 0.496 e. The highest BCUT2D eigenvalue weighted by Crippen LogP contribution is 2.37. The summed E-state index contributed by atoms with van der Waals surface area (Å²) in [6, 6.07) is 4.73. The fraction of sp³-hybridized carbons (Fsp3) is 0.250. The van der Waals surface area contributed by atoms with Crippen LogP contribution in [0.25, 0.3) is 16.9 Å². The molecule has 0 saturated heterocycles. The molecule has 0 fully saturated rings. The van der Waals surface area contributed by atoms with Crippen LogP contribution in [0.5, 0.6) is 23.1 Å². The second kappa shape index (κ2) is 11.5. The van der Waals surface area contributed by atoms with E-state index < -0.39 is 36.4 Å². The summed E-state index contributed by atoms with van der Waals surface area (Å²) >= 11 is 6.51. The number of hydrogen-bond acceptors (Lipinski definition) is 9. The van der Waals surface area contributed by atoms with Crippen LogP contribution in [0.3, 0.4) is 0 Å². The summed E-state index contributed by atoms with van der Waals surface area (Å²) in [7, 11) is 4.11. The van der Waals surface area contributed by atoms with Crippen LogP contribution in [-0.4, -0.2) is 53.4 Å². The van der Waals surface area contributed by atoms with E-state index in [0.717, 1.165) is 10.6 Å². The van der Waals surface area contributed by atoms with Gasteiger partial charge in [0.05, 0.1) is 30.5 Å². The Bertz CT molecular complexity index is 1610. The molecule has 4 rings (SSSR count). The van der Waals surface area contributed by atoms with Crippen LogP contribution < -0.4 is 30.4 Å². The number of carbonyl (C=O) groups is 1. The first-order chi connectivity index (χ1) is 18.7. The number of fused-ring (bicyclic) bond motifs is 1. The first-order valence-electron chi connectivity index (χ1n) is 11.1. The molecule has 1 amide bonds. The maximum atomic E-state index is 14.5. The minimum atomic E-state index is -1.18. The van der Waals surface area contributed by atoms with E-state index in [-0.39, 0.29) is 63.0 Å². The average Bonchev–Trinajstić information content (AvgIpc) is 3.24. The summed E-state index contributed by atoms with van der Waals surface area (Å²) in [5.74, 6) is -2.87. The SMILES string of the molecule is COCc1nc(OC)c2[nH]c(=O)n(-c3cc(OCc4c(OC)ccc(F)c4F)c(OCC(N)=O)cc3Cl)c2n1. The van der Waals surface area contributed by atoms with Gasteiger partial charge < -0.3 is 29.4 Å². The van der Waals surface area contributed by atoms with E-state index in [2.05, 4.69) is 15.0 Å². The molecular formula is C24H22ClF2N5O7. The topological polar surface area (TPSA) is 153 Å². The van der Waals surface area contributed by atoms with Gasteiger partial charge in [-0.2, -0.15) is 4.98 Å². The summed E-state index contributed by atoms with van der Waals surface area (Å²) in [4.78, 5) is 35.6. The van der Waals surface area contributed by atoms with Gasteiger partial charge >= 0.3 is 5.69 Å². The van der Waals surface area contributed by atoms with Crippen molar-refractivity contribution in [1.82, 2.24) is 19.5 Å². The highest BCUT2D eigenvalue weighted by molar-refractivity contribution is 6.32. The first kappa shape index (κ1) is 27.6. The minimum absolute atomic E-state index is 0.00907. The Morgan fingerprint density at radius 2 is 1.79 bits per heavy atom. The van der Waals surface area contributed by atoms with Gasteiger partial charge in [-0.3, -0.25) is 9.78 Å². The molecule has 39 heavy (non-hydrogen) atoms. The lowest BCUT2D eigenvalue weighted by molar-refractivity contribution is -0.119. The number of ether oxygens (including phenoxy) is 5. The van der Waals surface area contributed by atoms with Crippen LogP contribution in [0.4, 0.5) is 8.78 Å². The van der Waals surface area contributed by atoms with Gasteiger partial charge in [0.15, 0.2) is 41.2 Å². The zero-order valence-electron chi connectivity index (χ0n) is 20.8. The van der Waals surface area contributed by atoms with Crippen molar-refractivity contribution in [2.24, 2.45) is 5.73 Å². The Morgan fingerprint density at radius 1 is 1.05 bits per heavy atom. The van der Waals surface area contributed by atoms with Gasteiger partial charge in [-0.15, -0.1) is 0 Å². The quantitative estimate of drug-likeness (QED) is 0.279. The lowest BCUT2D eigenvalue weighted by Gasteiger charge is -2.17. The normalized spacial score (nSPS) is 11.0. The third-order valence-electron chi connectivity index (χ3n) is 5.39. The number of halogens is 3. The second-order valence-electron chi connectivity index (χ2n) is 7.88. The molecule has 0 unspecified atom stereocenters. The number of nitrogens with two attached hydrogens (primary N) is 1. The number of imidazole rings is 1. The number of amides is 1. The number of aromatic amines is 1. The molecule has 2 aromatic carbocycles. The van der Waals surface area contributed by atoms with Gasteiger partial charge in [-0.25, -0.2) is 23.1 Å². The fourth-order valence-electron chi connectivity index (χ4n) is 3.69. The number of carbonyl (C=O) groups excluding carboxylic acids is 1. The molecular weight excluding hydrogens is 544 g/mol. The number of H-pyrrole nitrogens is 1. The molecule has 0 atom stereocenters. The van der Waals surface area contributed by atoms with E-state index in [0.29, 0.717) is 0 Å². The van der Waals surface area contributed by atoms with E-state index in [1.54, 1.807) is 0 Å². The number of primary amides is 1.